The maximum atomic E-state index is 10.9. The maximum Gasteiger partial charge on any atom is 0.229 e. The van der Waals surface area contributed by atoms with Crippen LogP contribution in [0.2, 0.25) is 0 Å². The molecule has 10 atom stereocenters. The summed E-state index contributed by atoms with van der Waals surface area (Å²) in [5.74, 6) is 0.920. The van der Waals surface area contributed by atoms with Gasteiger partial charge in [0.1, 0.15) is 53.7 Å². The normalized spacial score (nSPS) is 35.2. The van der Waals surface area contributed by atoms with Crippen LogP contribution in [0.15, 0.2) is 36.4 Å². The topological polar surface area (TPSA) is 217 Å². The summed E-state index contributed by atoms with van der Waals surface area (Å²) < 4.78 is 34.3. The fourth-order valence-electron chi connectivity index (χ4n) is 5.34. The zero-order valence-electron chi connectivity index (χ0n) is 24.1. The first kappa shape index (κ1) is 32.4. The summed E-state index contributed by atoms with van der Waals surface area (Å²) in [5.41, 5.74) is 0.135. The molecule has 0 radical (unpaired) electrons. The molecule has 3 aliphatic rings. The molecule has 14 heteroatoms. The molecule has 0 saturated carbocycles. The number of hydrogen-bond donors (Lipinski definition) is 8. The number of aryl methyl sites for hydroxylation is 1. The minimum Gasteiger partial charge on any atom is -0.507 e. The van der Waals surface area contributed by atoms with Crippen LogP contribution in [0.5, 0.6) is 23.0 Å². The second-order valence-corrected chi connectivity index (χ2v) is 11.2. The first-order chi connectivity index (χ1) is 20.9. The Kier molecular flexibility index (Phi) is 9.67. The fourth-order valence-corrected chi connectivity index (χ4v) is 5.34. The van der Waals surface area contributed by atoms with Gasteiger partial charge in [0.05, 0.1) is 26.4 Å². The fraction of sp³-hybridized carbons (Fsp3) is 0.533. The summed E-state index contributed by atoms with van der Waals surface area (Å²) in [5, 5.41) is 81.0. The van der Waals surface area contributed by atoms with E-state index in [4.69, 9.17) is 33.5 Å². The van der Waals surface area contributed by atoms with Crippen molar-refractivity contribution < 1.29 is 69.3 Å². The molecular weight excluding hydrogens is 584 g/mol. The number of aromatic hydroxyl groups is 1. The smallest absolute Gasteiger partial charge is 0.229 e. The van der Waals surface area contributed by atoms with E-state index < -0.39 is 74.1 Å². The van der Waals surface area contributed by atoms with E-state index in [1.54, 1.807) is 31.2 Å². The van der Waals surface area contributed by atoms with Gasteiger partial charge in [-0.2, -0.15) is 0 Å². The first-order valence-electron chi connectivity index (χ1n) is 14.1. The van der Waals surface area contributed by atoms with Gasteiger partial charge in [0.15, 0.2) is 23.9 Å². The highest BCUT2D eigenvalue weighted by Crippen LogP contribution is 2.44. The molecule has 0 bridgehead atoms. The van der Waals surface area contributed by atoms with Crippen LogP contribution in [0.25, 0.3) is 6.08 Å². The van der Waals surface area contributed by atoms with Crippen LogP contribution in [0.4, 0.5) is 0 Å². The minimum atomic E-state index is -1.91. The second-order valence-electron chi connectivity index (χ2n) is 11.2. The zero-order valence-corrected chi connectivity index (χ0v) is 24.1. The molecule has 0 amide bonds. The van der Waals surface area contributed by atoms with Crippen LogP contribution in [0.3, 0.4) is 0 Å². The quantitative estimate of drug-likeness (QED) is 0.173. The molecule has 2 saturated heterocycles. The molecule has 2 aromatic rings. The summed E-state index contributed by atoms with van der Waals surface area (Å²) in [6, 6.07) is 8.02. The Bertz CT molecular complexity index is 1340. The Balaban J connectivity index is 1.27. The number of fused-ring (bicyclic) bond motifs is 1. The molecule has 44 heavy (non-hydrogen) atoms. The average Bonchev–Trinajstić information content (AvgIpc) is 3.29. The van der Waals surface area contributed by atoms with Crippen LogP contribution in [-0.2, 0) is 14.2 Å². The number of aliphatic hydroxyl groups excluding tert-OH is 6. The van der Waals surface area contributed by atoms with Crippen molar-refractivity contribution in [2.75, 3.05) is 26.4 Å². The molecule has 2 fully saturated rings. The van der Waals surface area contributed by atoms with Gasteiger partial charge >= 0.3 is 0 Å². The lowest BCUT2D eigenvalue weighted by Gasteiger charge is -2.40. The van der Waals surface area contributed by atoms with E-state index in [0.29, 0.717) is 17.1 Å². The van der Waals surface area contributed by atoms with E-state index in [-0.39, 0.29) is 24.7 Å². The molecule has 0 spiro atoms. The molecule has 0 aliphatic carbocycles. The van der Waals surface area contributed by atoms with Crippen LogP contribution >= 0.6 is 0 Å². The summed E-state index contributed by atoms with van der Waals surface area (Å²) in [4.78, 5) is 0. The van der Waals surface area contributed by atoms with Crippen molar-refractivity contribution in [3.63, 3.8) is 0 Å². The van der Waals surface area contributed by atoms with Gasteiger partial charge < -0.3 is 69.3 Å². The van der Waals surface area contributed by atoms with Gasteiger partial charge in [-0.3, -0.25) is 0 Å². The summed E-state index contributed by atoms with van der Waals surface area (Å²) in [6.07, 6.45) is -8.48. The molecule has 14 nitrogen and oxygen atoms in total. The van der Waals surface area contributed by atoms with Crippen molar-refractivity contribution in [2.24, 2.45) is 0 Å². The first-order valence-corrected chi connectivity index (χ1v) is 14.1. The third-order valence-electron chi connectivity index (χ3n) is 7.90. The van der Waals surface area contributed by atoms with Crippen molar-refractivity contribution in [1.29, 1.82) is 0 Å². The number of rotatable bonds is 9. The lowest BCUT2D eigenvalue weighted by molar-refractivity contribution is -0.289. The third kappa shape index (κ3) is 6.37. The van der Waals surface area contributed by atoms with Gasteiger partial charge in [-0.05, 0) is 49.2 Å². The van der Waals surface area contributed by atoms with Crippen molar-refractivity contribution in [2.45, 2.75) is 74.8 Å². The van der Waals surface area contributed by atoms with Crippen molar-refractivity contribution >= 4 is 6.08 Å². The number of phenols is 1. The minimum absolute atomic E-state index is 0.0677. The van der Waals surface area contributed by atoms with Crippen LogP contribution in [0.1, 0.15) is 29.7 Å². The van der Waals surface area contributed by atoms with Gasteiger partial charge in [0, 0.05) is 11.6 Å². The predicted octanol–water partition coefficient (Wildman–Crippen LogP) is -0.749. The van der Waals surface area contributed by atoms with Gasteiger partial charge in [0.2, 0.25) is 6.29 Å². The molecule has 8 N–H and O–H groups in total. The van der Waals surface area contributed by atoms with Gasteiger partial charge in [-0.25, -0.2) is 0 Å². The lowest BCUT2D eigenvalue weighted by atomic mass is 9.99. The zero-order chi connectivity index (χ0) is 31.8. The molecule has 10 unspecified atom stereocenters. The van der Waals surface area contributed by atoms with Crippen LogP contribution in [0, 0.1) is 6.92 Å². The average molecular weight is 623 g/mol. The second kappa shape index (κ2) is 13.1. The monoisotopic (exact) mass is 622 g/mol. The van der Waals surface area contributed by atoms with Crippen molar-refractivity contribution in [3.8, 4) is 23.0 Å². The van der Waals surface area contributed by atoms with Gasteiger partial charge in [0.25, 0.3) is 0 Å². The van der Waals surface area contributed by atoms with E-state index in [1.807, 2.05) is 13.0 Å². The highest BCUT2D eigenvalue weighted by Gasteiger charge is 2.50. The number of hydrogen-bond acceptors (Lipinski definition) is 14. The Morgan fingerprint density at radius 1 is 1.00 bits per heavy atom. The van der Waals surface area contributed by atoms with Crippen molar-refractivity contribution in [3.05, 3.63) is 53.1 Å². The molecule has 3 heterocycles. The van der Waals surface area contributed by atoms with Gasteiger partial charge in [-0.15, -0.1) is 0 Å². The molecule has 5 rings (SSSR count). The van der Waals surface area contributed by atoms with Crippen LogP contribution in [-0.4, -0.2) is 122 Å². The Hall–Kier alpha value is -3.02. The van der Waals surface area contributed by atoms with Gasteiger partial charge in [-0.1, -0.05) is 12.2 Å². The van der Waals surface area contributed by atoms with Crippen LogP contribution < -0.4 is 14.2 Å². The predicted molar refractivity (Wildman–Crippen MR) is 150 cm³/mol. The van der Waals surface area contributed by atoms with Crippen molar-refractivity contribution in [1.82, 2.24) is 0 Å². The lowest BCUT2D eigenvalue weighted by Crippen LogP contribution is -2.60. The standard InChI is InChI=1S/C30H38O14/c1-14-8-16(4-3-7-31)9-20-25(14)41-15(2)26(43-20)18-6-5-17(10-19(18)33)42-28-24(36)23(35)22(34)21(44-28)11-39-29-27(37)30(38,12-32)13-40-29/h3-6,8-10,15,21-24,26-29,31-38H,7,11-13H2,1-2H3. The number of benzene rings is 2. The Morgan fingerprint density at radius 3 is 2.45 bits per heavy atom. The highest BCUT2D eigenvalue weighted by atomic mass is 16.7. The van der Waals surface area contributed by atoms with E-state index in [2.05, 4.69) is 0 Å². The third-order valence-corrected chi connectivity index (χ3v) is 7.90. The number of ether oxygens (including phenoxy) is 6. The number of aliphatic hydroxyl groups is 7. The summed E-state index contributed by atoms with van der Waals surface area (Å²) >= 11 is 0. The highest BCUT2D eigenvalue weighted by molar-refractivity contribution is 5.60. The molecule has 242 valence electrons. The largest absolute Gasteiger partial charge is 0.507 e. The summed E-state index contributed by atoms with van der Waals surface area (Å²) in [6.45, 7) is 1.99. The van der Waals surface area contributed by atoms with E-state index >= 15 is 0 Å². The molecule has 2 aromatic carbocycles. The van der Waals surface area contributed by atoms with E-state index in [0.717, 1.165) is 11.1 Å². The molecular formula is C30H38O14. The SMILES string of the molecule is Cc1cc(C=CCO)cc2c1OC(C)C(c1ccc(OC3OC(COC4OCC(O)(CO)C4O)C(O)C(O)C3O)cc1O)O2. The number of phenolic OH excluding ortho intramolecular Hbond substituents is 1. The molecule has 0 aromatic heterocycles. The maximum absolute atomic E-state index is 10.9. The Labute approximate surface area is 252 Å². The Morgan fingerprint density at radius 2 is 1.77 bits per heavy atom. The van der Waals surface area contributed by atoms with E-state index in [1.165, 1.54) is 12.1 Å². The summed E-state index contributed by atoms with van der Waals surface area (Å²) in [7, 11) is 0. The molecule has 3 aliphatic heterocycles. The van der Waals surface area contributed by atoms with E-state index in [9.17, 15) is 35.7 Å².